The minimum absolute atomic E-state index is 0.537. The van der Waals surface area contributed by atoms with Gasteiger partial charge in [0.1, 0.15) is 0 Å². The lowest BCUT2D eigenvalue weighted by atomic mass is 9.73. The van der Waals surface area contributed by atoms with E-state index in [0.717, 1.165) is 36.9 Å². The third-order valence-electron chi connectivity index (χ3n) is 7.28. The summed E-state index contributed by atoms with van der Waals surface area (Å²) in [6.07, 6.45) is 22.3. The van der Waals surface area contributed by atoms with Gasteiger partial charge in [0, 0.05) is 6.61 Å². The molecule has 0 radical (unpaired) electrons. The molecule has 0 aromatic carbocycles. The summed E-state index contributed by atoms with van der Waals surface area (Å²) in [5.41, 5.74) is 0. The molecule has 1 aliphatic heterocycles. The van der Waals surface area contributed by atoms with E-state index in [1.54, 1.807) is 0 Å². The van der Waals surface area contributed by atoms with Gasteiger partial charge in [0.15, 0.2) is 0 Å². The minimum Gasteiger partial charge on any atom is -0.379 e. The van der Waals surface area contributed by atoms with Crippen LogP contribution >= 0.6 is 0 Å². The van der Waals surface area contributed by atoms with Gasteiger partial charge in [-0.1, -0.05) is 25.5 Å². The molecule has 26 heavy (non-hydrogen) atoms. The van der Waals surface area contributed by atoms with Crippen molar-refractivity contribution in [1.82, 2.24) is 0 Å². The zero-order valence-corrected chi connectivity index (χ0v) is 17.3. The van der Waals surface area contributed by atoms with Gasteiger partial charge < -0.3 is 9.47 Å². The fourth-order valence-electron chi connectivity index (χ4n) is 5.55. The van der Waals surface area contributed by atoms with Crippen molar-refractivity contribution < 1.29 is 9.47 Å². The Hall–Kier alpha value is -0.340. The van der Waals surface area contributed by atoms with Crippen molar-refractivity contribution in [3.05, 3.63) is 12.2 Å². The maximum Gasteiger partial charge on any atom is 0.0575 e. The molecule has 2 heteroatoms. The molecule has 0 amide bonds. The highest BCUT2D eigenvalue weighted by atomic mass is 16.5. The van der Waals surface area contributed by atoms with Crippen LogP contribution in [0.4, 0.5) is 0 Å². The van der Waals surface area contributed by atoms with Gasteiger partial charge in [-0.3, -0.25) is 0 Å². The van der Waals surface area contributed by atoms with E-state index in [2.05, 4.69) is 26.0 Å². The average molecular weight is 363 g/mol. The van der Waals surface area contributed by atoms with Crippen LogP contribution in [0.3, 0.4) is 0 Å². The fourth-order valence-corrected chi connectivity index (χ4v) is 5.55. The molecule has 1 saturated heterocycles. The first-order valence-corrected chi connectivity index (χ1v) is 11.7. The maximum atomic E-state index is 6.14. The summed E-state index contributed by atoms with van der Waals surface area (Å²) in [6, 6.07) is 0. The molecule has 150 valence electrons. The van der Waals surface area contributed by atoms with E-state index >= 15 is 0 Å². The summed E-state index contributed by atoms with van der Waals surface area (Å²) in [5.74, 6) is 3.44. The molecular formula is C24H42O2. The molecule has 3 fully saturated rings. The molecule has 2 atom stereocenters. The molecule has 0 aromatic rings. The zero-order valence-electron chi connectivity index (χ0n) is 17.3. The van der Waals surface area contributed by atoms with Gasteiger partial charge in [0.2, 0.25) is 0 Å². The zero-order chi connectivity index (χ0) is 18.2. The Labute approximate surface area is 162 Å². The summed E-state index contributed by atoms with van der Waals surface area (Å²) in [5, 5.41) is 0. The van der Waals surface area contributed by atoms with Gasteiger partial charge in [-0.2, -0.15) is 0 Å². The molecule has 2 aliphatic carbocycles. The molecule has 0 bridgehead atoms. The second kappa shape index (κ2) is 10.9. The average Bonchev–Trinajstić information content (AvgIpc) is 2.69. The number of rotatable bonds is 7. The van der Waals surface area contributed by atoms with Gasteiger partial charge in [0.25, 0.3) is 0 Å². The van der Waals surface area contributed by atoms with E-state index in [9.17, 15) is 0 Å². The van der Waals surface area contributed by atoms with Crippen LogP contribution in [0.5, 0.6) is 0 Å². The number of hydrogen-bond acceptors (Lipinski definition) is 2. The smallest absolute Gasteiger partial charge is 0.0575 e. The standard InChI is InChI=1S/C24H42O2/c1-3-5-23-17-14-22(18-26-23)21-12-8-19(9-13-21)6-7-20-10-15-24(16-11-20)25-4-2/h6-7,19-24H,3-5,8-18H2,1-2H3. The van der Waals surface area contributed by atoms with Gasteiger partial charge in [-0.25, -0.2) is 0 Å². The Morgan fingerprint density at radius 2 is 1.38 bits per heavy atom. The predicted octanol–water partition coefficient (Wildman–Crippen LogP) is 6.54. The van der Waals surface area contributed by atoms with Crippen molar-refractivity contribution in [1.29, 1.82) is 0 Å². The Bertz CT molecular complexity index is 394. The summed E-state index contributed by atoms with van der Waals surface area (Å²) in [6.45, 7) is 6.30. The van der Waals surface area contributed by atoms with E-state index in [-0.39, 0.29) is 0 Å². The minimum atomic E-state index is 0.537. The van der Waals surface area contributed by atoms with Crippen LogP contribution < -0.4 is 0 Å². The SMILES string of the molecule is CCCC1CCC(C2CCC(C=CC3CCC(OCC)CC3)CC2)CO1. The quantitative estimate of drug-likeness (QED) is 0.479. The van der Waals surface area contributed by atoms with Crippen LogP contribution in [-0.4, -0.2) is 25.4 Å². The third-order valence-corrected chi connectivity index (χ3v) is 7.28. The molecule has 2 nitrogen and oxygen atoms in total. The first-order valence-electron chi connectivity index (χ1n) is 11.7. The predicted molar refractivity (Wildman–Crippen MR) is 109 cm³/mol. The van der Waals surface area contributed by atoms with Crippen molar-refractivity contribution in [2.45, 2.75) is 103 Å². The van der Waals surface area contributed by atoms with Crippen LogP contribution in [0, 0.1) is 23.7 Å². The summed E-state index contributed by atoms with van der Waals surface area (Å²) >= 11 is 0. The Balaban J connectivity index is 1.33. The number of ether oxygens (including phenoxy) is 2. The lowest BCUT2D eigenvalue weighted by molar-refractivity contribution is -0.0413. The lowest BCUT2D eigenvalue weighted by Gasteiger charge is -2.37. The second-order valence-electron chi connectivity index (χ2n) is 9.13. The van der Waals surface area contributed by atoms with Crippen LogP contribution in [0.1, 0.15) is 90.9 Å². The molecule has 2 saturated carbocycles. The highest BCUT2D eigenvalue weighted by molar-refractivity contribution is 4.97. The first-order chi connectivity index (χ1) is 12.8. The molecule has 0 spiro atoms. The highest BCUT2D eigenvalue weighted by Gasteiger charge is 2.30. The Morgan fingerprint density at radius 3 is 1.92 bits per heavy atom. The van der Waals surface area contributed by atoms with E-state index in [0.29, 0.717) is 12.2 Å². The van der Waals surface area contributed by atoms with Gasteiger partial charge >= 0.3 is 0 Å². The Morgan fingerprint density at radius 1 is 0.769 bits per heavy atom. The van der Waals surface area contributed by atoms with Crippen molar-refractivity contribution >= 4 is 0 Å². The fraction of sp³-hybridized carbons (Fsp3) is 0.917. The Kier molecular flexibility index (Phi) is 8.52. The van der Waals surface area contributed by atoms with E-state index < -0.39 is 0 Å². The molecule has 0 aromatic heterocycles. The summed E-state index contributed by atoms with van der Waals surface area (Å²) in [7, 11) is 0. The monoisotopic (exact) mass is 362 g/mol. The molecule has 2 unspecified atom stereocenters. The van der Waals surface area contributed by atoms with Crippen molar-refractivity contribution in [3.8, 4) is 0 Å². The third kappa shape index (κ3) is 6.09. The van der Waals surface area contributed by atoms with E-state index in [1.807, 2.05) is 0 Å². The highest BCUT2D eigenvalue weighted by Crippen LogP contribution is 2.39. The van der Waals surface area contributed by atoms with Crippen molar-refractivity contribution in [2.75, 3.05) is 13.2 Å². The molecule has 3 aliphatic rings. The van der Waals surface area contributed by atoms with E-state index in [4.69, 9.17) is 9.47 Å². The normalized spacial score (nSPS) is 39.3. The van der Waals surface area contributed by atoms with Gasteiger partial charge in [-0.05, 0) is 101 Å². The molecule has 0 N–H and O–H groups in total. The topological polar surface area (TPSA) is 18.5 Å². The van der Waals surface area contributed by atoms with Crippen molar-refractivity contribution in [3.63, 3.8) is 0 Å². The molecular weight excluding hydrogens is 320 g/mol. The summed E-state index contributed by atoms with van der Waals surface area (Å²) in [4.78, 5) is 0. The van der Waals surface area contributed by atoms with E-state index in [1.165, 1.54) is 77.0 Å². The van der Waals surface area contributed by atoms with Crippen LogP contribution in [0.25, 0.3) is 0 Å². The number of allylic oxidation sites excluding steroid dienone is 2. The van der Waals surface area contributed by atoms with Crippen LogP contribution in [0.15, 0.2) is 12.2 Å². The van der Waals surface area contributed by atoms with Crippen LogP contribution in [0.2, 0.25) is 0 Å². The lowest BCUT2D eigenvalue weighted by Crippen LogP contribution is -2.32. The molecule has 3 rings (SSSR count). The number of hydrogen-bond donors (Lipinski definition) is 0. The molecule has 1 heterocycles. The first kappa shape index (κ1) is 20.4. The van der Waals surface area contributed by atoms with Gasteiger partial charge in [-0.15, -0.1) is 0 Å². The van der Waals surface area contributed by atoms with Crippen LogP contribution in [-0.2, 0) is 9.47 Å². The van der Waals surface area contributed by atoms with Crippen molar-refractivity contribution in [2.24, 2.45) is 23.7 Å². The van der Waals surface area contributed by atoms with Gasteiger partial charge in [0.05, 0.1) is 18.8 Å². The largest absolute Gasteiger partial charge is 0.379 e. The summed E-state index contributed by atoms with van der Waals surface area (Å²) < 4.78 is 11.9. The second-order valence-corrected chi connectivity index (χ2v) is 9.13. The maximum absolute atomic E-state index is 6.14.